The largest absolute Gasteiger partial charge is 0.325 e. The van der Waals surface area contributed by atoms with Crippen LogP contribution in [0.1, 0.15) is 18.1 Å². The van der Waals surface area contributed by atoms with E-state index in [0.717, 1.165) is 50.4 Å². The molecule has 0 unspecified atom stereocenters. The molecule has 1 aliphatic heterocycles. The molecule has 6 heteroatoms. The first-order chi connectivity index (χ1) is 13.0. The summed E-state index contributed by atoms with van der Waals surface area (Å²) in [5.41, 5.74) is 3.28. The standard InChI is InChI=1S/C21H25Cl2N3O/c1-2-16-3-6-18(7-4-16)24-21(27)15-26-11-9-25(10-12-26)14-17-5-8-19(22)20(23)13-17/h3-8,13H,2,9-12,14-15H2,1H3,(H,24,27). The van der Waals surface area contributed by atoms with Crippen molar-refractivity contribution in [3.8, 4) is 0 Å². The normalized spacial score (nSPS) is 15.7. The van der Waals surface area contributed by atoms with Crippen LogP contribution in [-0.4, -0.2) is 48.4 Å². The number of nitrogens with zero attached hydrogens (tertiary/aromatic N) is 2. The summed E-state index contributed by atoms with van der Waals surface area (Å²) < 4.78 is 0. The first-order valence-corrected chi connectivity index (χ1v) is 10.1. The minimum atomic E-state index is 0.0391. The molecule has 144 valence electrons. The second-order valence-corrected chi connectivity index (χ2v) is 7.71. The molecule has 1 saturated heterocycles. The zero-order valence-corrected chi connectivity index (χ0v) is 17.1. The van der Waals surface area contributed by atoms with E-state index in [1.165, 1.54) is 5.56 Å². The molecule has 3 rings (SSSR count). The van der Waals surface area contributed by atoms with E-state index in [4.69, 9.17) is 23.2 Å². The molecule has 0 bridgehead atoms. The molecule has 0 aromatic heterocycles. The van der Waals surface area contributed by atoms with Gasteiger partial charge in [0.15, 0.2) is 0 Å². The number of carbonyl (C=O) groups excluding carboxylic acids is 1. The molecule has 0 aliphatic carbocycles. The van der Waals surface area contributed by atoms with Crippen molar-refractivity contribution in [1.82, 2.24) is 9.80 Å². The topological polar surface area (TPSA) is 35.6 Å². The van der Waals surface area contributed by atoms with E-state index in [1.54, 1.807) is 0 Å². The minimum Gasteiger partial charge on any atom is -0.325 e. The lowest BCUT2D eigenvalue weighted by molar-refractivity contribution is -0.117. The van der Waals surface area contributed by atoms with Crippen LogP contribution in [0, 0.1) is 0 Å². The molecule has 0 spiro atoms. The Morgan fingerprint density at radius 1 is 0.926 bits per heavy atom. The van der Waals surface area contributed by atoms with Gasteiger partial charge in [0.25, 0.3) is 0 Å². The number of aryl methyl sites for hydroxylation is 1. The first-order valence-electron chi connectivity index (χ1n) is 9.31. The van der Waals surface area contributed by atoms with Gasteiger partial charge in [-0.2, -0.15) is 0 Å². The average molecular weight is 406 g/mol. The number of hydrogen-bond donors (Lipinski definition) is 1. The second kappa shape index (κ2) is 9.56. The number of rotatable bonds is 6. The lowest BCUT2D eigenvalue weighted by atomic mass is 10.1. The average Bonchev–Trinajstić information content (AvgIpc) is 2.67. The lowest BCUT2D eigenvalue weighted by Crippen LogP contribution is -2.48. The SMILES string of the molecule is CCc1ccc(NC(=O)CN2CCN(Cc3ccc(Cl)c(Cl)c3)CC2)cc1. The van der Waals surface area contributed by atoms with Gasteiger partial charge in [-0.3, -0.25) is 14.6 Å². The molecular weight excluding hydrogens is 381 g/mol. The fourth-order valence-corrected chi connectivity index (χ4v) is 3.55. The highest BCUT2D eigenvalue weighted by atomic mass is 35.5. The van der Waals surface area contributed by atoms with Gasteiger partial charge in [-0.05, 0) is 41.8 Å². The fourth-order valence-electron chi connectivity index (χ4n) is 3.23. The Bertz CT molecular complexity index is 771. The summed E-state index contributed by atoms with van der Waals surface area (Å²) in [5, 5.41) is 4.16. The number of amides is 1. The van der Waals surface area contributed by atoms with Crippen molar-refractivity contribution >= 4 is 34.8 Å². The number of hydrogen-bond acceptors (Lipinski definition) is 3. The Balaban J connectivity index is 1.43. The lowest BCUT2D eigenvalue weighted by Gasteiger charge is -2.34. The zero-order valence-electron chi connectivity index (χ0n) is 15.5. The van der Waals surface area contributed by atoms with Gasteiger partial charge in [-0.25, -0.2) is 0 Å². The van der Waals surface area contributed by atoms with Crippen LogP contribution < -0.4 is 5.32 Å². The van der Waals surface area contributed by atoms with E-state index in [0.29, 0.717) is 16.6 Å². The van der Waals surface area contributed by atoms with Crippen molar-refractivity contribution in [2.24, 2.45) is 0 Å². The van der Waals surface area contributed by atoms with Crippen LogP contribution in [-0.2, 0) is 17.8 Å². The summed E-state index contributed by atoms with van der Waals surface area (Å²) in [4.78, 5) is 16.9. The predicted molar refractivity (Wildman–Crippen MR) is 113 cm³/mol. The van der Waals surface area contributed by atoms with Crippen molar-refractivity contribution in [3.63, 3.8) is 0 Å². The van der Waals surface area contributed by atoms with Crippen LogP contribution in [0.25, 0.3) is 0 Å². The quantitative estimate of drug-likeness (QED) is 0.777. The fraction of sp³-hybridized carbons (Fsp3) is 0.381. The Morgan fingerprint density at radius 2 is 1.56 bits per heavy atom. The van der Waals surface area contributed by atoms with Gasteiger partial charge >= 0.3 is 0 Å². The minimum absolute atomic E-state index is 0.0391. The second-order valence-electron chi connectivity index (χ2n) is 6.90. The van der Waals surface area contributed by atoms with E-state index >= 15 is 0 Å². The van der Waals surface area contributed by atoms with Crippen LogP contribution >= 0.6 is 23.2 Å². The highest BCUT2D eigenvalue weighted by molar-refractivity contribution is 6.42. The number of piperazine rings is 1. The Labute approximate surface area is 171 Å². The van der Waals surface area contributed by atoms with Crippen LogP contribution in [0.4, 0.5) is 5.69 Å². The summed E-state index contributed by atoms with van der Waals surface area (Å²) in [6.45, 7) is 7.01. The van der Waals surface area contributed by atoms with Crippen LogP contribution in [0.5, 0.6) is 0 Å². The maximum Gasteiger partial charge on any atom is 0.238 e. The highest BCUT2D eigenvalue weighted by Crippen LogP contribution is 2.23. The van der Waals surface area contributed by atoms with Gasteiger partial charge in [-0.15, -0.1) is 0 Å². The molecule has 1 amide bonds. The number of halogens is 2. The molecule has 0 saturated carbocycles. The van der Waals surface area contributed by atoms with E-state index < -0.39 is 0 Å². The van der Waals surface area contributed by atoms with E-state index in [-0.39, 0.29) is 5.91 Å². The summed E-state index contributed by atoms with van der Waals surface area (Å²) >= 11 is 12.1. The van der Waals surface area contributed by atoms with Crippen LogP contribution in [0.15, 0.2) is 42.5 Å². The summed E-state index contributed by atoms with van der Waals surface area (Å²) in [6, 6.07) is 13.8. The summed E-state index contributed by atoms with van der Waals surface area (Å²) in [5.74, 6) is 0.0391. The molecule has 1 fully saturated rings. The van der Waals surface area contributed by atoms with Crippen molar-refractivity contribution in [1.29, 1.82) is 0 Å². The van der Waals surface area contributed by atoms with E-state index in [2.05, 4.69) is 34.2 Å². The molecule has 0 atom stereocenters. The van der Waals surface area contributed by atoms with E-state index in [1.807, 2.05) is 30.3 Å². The molecule has 1 heterocycles. The van der Waals surface area contributed by atoms with Crippen molar-refractivity contribution in [3.05, 3.63) is 63.6 Å². The molecule has 2 aromatic carbocycles. The molecular formula is C21H25Cl2N3O. The molecule has 0 radical (unpaired) electrons. The van der Waals surface area contributed by atoms with Crippen LogP contribution in [0.2, 0.25) is 10.0 Å². The maximum atomic E-state index is 12.3. The number of benzene rings is 2. The predicted octanol–water partition coefficient (Wildman–Crippen LogP) is 4.31. The Morgan fingerprint density at radius 3 is 2.19 bits per heavy atom. The highest BCUT2D eigenvalue weighted by Gasteiger charge is 2.19. The zero-order chi connectivity index (χ0) is 19.2. The van der Waals surface area contributed by atoms with Gasteiger partial charge in [0.2, 0.25) is 5.91 Å². The number of anilines is 1. The van der Waals surface area contributed by atoms with Crippen molar-refractivity contribution in [2.45, 2.75) is 19.9 Å². The molecule has 2 aromatic rings. The van der Waals surface area contributed by atoms with Gasteiger partial charge < -0.3 is 5.32 Å². The van der Waals surface area contributed by atoms with Gasteiger partial charge in [0.1, 0.15) is 0 Å². The monoisotopic (exact) mass is 405 g/mol. The van der Waals surface area contributed by atoms with Gasteiger partial charge in [0, 0.05) is 38.4 Å². The Kier molecular flexibility index (Phi) is 7.13. The molecule has 27 heavy (non-hydrogen) atoms. The maximum absolute atomic E-state index is 12.3. The molecule has 1 N–H and O–H groups in total. The van der Waals surface area contributed by atoms with Crippen molar-refractivity contribution < 1.29 is 4.79 Å². The third kappa shape index (κ3) is 5.94. The number of nitrogens with one attached hydrogen (secondary N) is 1. The third-order valence-corrected chi connectivity index (χ3v) is 5.61. The van der Waals surface area contributed by atoms with Crippen molar-refractivity contribution in [2.75, 3.05) is 38.0 Å². The smallest absolute Gasteiger partial charge is 0.238 e. The first kappa shape index (κ1) is 20.2. The molecule has 1 aliphatic rings. The summed E-state index contributed by atoms with van der Waals surface area (Å²) in [6.07, 6.45) is 1.00. The van der Waals surface area contributed by atoms with E-state index in [9.17, 15) is 4.79 Å². The van der Waals surface area contributed by atoms with Gasteiger partial charge in [-0.1, -0.05) is 48.3 Å². The molecule has 4 nitrogen and oxygen atoms in total. The summed E-state index contributed by atoms with van der Waals surface area (Å²) in [7, 11) is 0. The van der Waals surface area contributed by atoms with Crippen LogP contribution in [0.3, 0.4) is 0 Å². The third-order valence-electron chi connectivity index (χ3n) is 4.87. The number of carbonyl (C=O) groups is 1. The van der Waals surface area contributed by atoms with Gasteiger partial charge in [0.05, 0.1) is 16.6 Å². The Hall–Kier alpha value is -1.59.